The smallest absolute Gasteiger partial charge is 0.270 e. The second kappa shape index (κ2) is 9.45. The molecule has 3 rings (SSSR count). The minimum atomic E-state index is -4.02. The van der Waals surface area contributed by atoms with Gasteiger partial charge in [0.05, 0.1) is 4.90 Å². The Morgan fingerprint density at radius 1 is 1.03 bits per heavy atom. The molecule has 0 aliphatic heterocycles. The van der Waals surface area contributed by atoms with Crippen LogP contribution >= 0.6 is 11.3 Å². The molecule has 1 heterocycles. The fourth-order valence-electron chi connectivity index (χ4n) is 2.93. The first kappa shape index (κ1) is 24.0. The van der Waals surface area contributed by atoms with E-state index in [2.05, 4.69) is 20.2 Å². The summed E-state index contributed by atoms with van der Waals surface area (Å²) < 4.78 is 51.2. The highest BCUT2D eigenvalue weighted by Gasteiger charge is 2.25. The van der Waals surface area contributed by atoms with Crippen LogP contribution in [0.5, 0.6) is 0 Å². The van der Waals surface area contributed by atoms with Gasteiger partial charge in [0.15, 0.2) is 9.84 Å². The topological polar surface area (TPSA) is 135 Å². The van der Waals surface area contributed by atoms with E-state index in [4.69, 9.17) is 0 Å². The first-order chi connectivity index (χ1) is 15.0. The molecule has 0 unspecified atom stereocenters. The lowest BCUT2D eigenvalue weighted by Gasteiger charge is -2.16. The van der Waals surface area contributed by atoms with Crippen molar-refractivity contribution in [3.05, 3.63) is 65.2 Å². The molecular formula is C20H22N4O5S3. The van der Waals surface area contributed by atoms with E-state index in [1.807, 2.05) is 6.07 Å². The molecule has 0 saturated carbocycles. The van der Waals surface area contributed by atoms with Crippen LogP contribution in [0.4, 0.5) is 5.13 Å². The fraction of sp³-hybridized carbons (Fsp3) is 0.250. The summed E-state index contributed by atoms with van der Waals surface area (Å²) in [5, 5.41) is 10.1. The van der Waals surface area contributed by atoms with Crippen molar-refractivity contribution in [1.29, 1.82) is 0 Å². The number of nitrogens with one attached hydrogen (secondary N) is 2. The van der Waals surface area contributed by atoms with Gasteiger partial charge in [-0.2, -0.15) is 0 Å². The van der Waals surface area contributed by atoms with Gasteiger partial charge in [-0.15, -0.1) is 10.2 Å². The van der Waals surface area contributed by atoms with Gasteiger partial charge in [-0.25, -0.2) is 21.6 Å². The SMILES string of the molecule is CC[C@H](NS(=O)(=O)c1nnc(NC(=O)c2ccccc2C)s1)c1ccc(S(C)(=O)=O)cc1. The zero-order valence-electron chi connectivity index (χ0n) is 17.6. The lowest BCUT2D eigenvalue weighted by molar-refractivity contribution is 0.102. The Kier molecular flexibility index (Phi) is 7.08. The third-order valence-electron chi connectivity index (χ3n) is 4.66. The summed E-state index contributed by atoms with van der Waals surface area (Å²) in [5.41, 5.74) is 1.84. The van der Waals surface area contributed by atoms with E-state index >= 15 is 0 Å². The van der Waals surface area contributed by atoms with Crippen molar-refractivity contribution in [2.24, 2.45) is 0 Å². The monoisotopic (exact) mass is 494 g/mol. The standard InChI is InChI=1S/C20H22N4O5S3/c1-4-17(14-9-11-15(12-10-14)31(3,26)27)24-32(28,29)20-23-22-19(30-20)21-18(25)16-8-6-5-7-13(16)2/h5-12,17,24H,4H2,1-3H3,(H,21,22,25)/t17-/m0/s1. The molecule has 2 N–H and O–H groups in total. The van der Waals surface area contributed by atoms with Crippen molar-refractivity contribution < 1.29 is 21.6 Å². The number of hydrogen-bond acceptors (Lipinski definition) is 8. The number of nitrogens with zero attached hydrogens (tertiary/aromatic N) is 2. The minimum Gasteiger partial charge on any atom is -0.296 e. The molecule has 1 atom stereocenters. The first-order valence-corrected chi connectivity index (χ1v) is 13.7. The second-order valence-electron chi connectivity index (χ2n) is 7.07. The molecule has 3 aromatic rings. The predicted octanol–water partition coefficient (Wildman–Crippen LogP) is 2.93. The van der Waals surface area contributed by atoms with Crippen LogP contribution in [-0.2, 0) is 19.9 Å². The van der Waals surface area contributed by atoms with Crippen LogP contribution in [0.3, 0.4) is 0 Å². The van der Waals surface area contributed by atoms with Gasteiger partial charge in [0.1, 0.15) is 0 Å². The van der Waals surface area contributed by atoms with Gasteiger partial charge in [0.2, 0.25) is 9.47 Å². The van der Waals surface area contributed by atoms with Gasteiger partial charge in [-0.3, -0.25) is 10.1 Å². The van der Waals surface area contributed by atoms with Crippen LogP contribution < -0.4 is 10.0 Å². The second-order valence-corrected chi connectivity index (χ2v) is 11.9. The molecule has 0 aliphatic rings. The largest absolute Gasteiger partial charge is 0.296 e. The highest BCUT2D eigenvalue weighted by Crippen LogP contribution is 2.25. The Morgan fingerprint density at radius 3 is 2.28 bits per heavy atom. The highest BCUT2D eigenvalue weighted by atomic mass is 32.2. The number of rotatable bonds is 8. The number of sulfone groups is 1. The molecule has 9 nitrogen and oxygen atoms in total. The molecular weight excluding hydrogens is 472 g/mol. The summed E-state index contributed by atoms with van der Waals surface area (Å²) >= 11 is 0.738. The first-order valence-electron chi connectivity index (χ1n) is 9.54. The molecule has 1 aromatic heterocycles. The van der Waals surface area contributed by atoms with E-state index < -0.39 is 31.8 Å². The van der Waals surface area contributed by atoms with Crippen LogP contribution in [0.1, 0.15) is 40.9 Å². The average Bonchev–Trinajstić information content (AvgIpc) is 3.21. The number of benzene rings is 2. The van der Waals surface area contributed by atoms with Crippen molar-refractivity contribution in [1.82, 2.24) is 14.9 Å². The zero-order chi connectivity index (χ0) is 23.5. The number of aromatic nitrogens is 2. The third kappa shape index (κ3) is 5.57. The summed E-state index contributed by atoms with van der Waals surface area (Å²) in [7, 11) is -7.37. The number of carbonyl (C=O) groups excluding carboxylic acids is 1. The Hall–Kier alpha value is -2.67. The lowest BCUT2D eigenvalue weighted by atomic mass is 10.1. The van der Waals surface area contributed by atoms with Gasteiger partial charge < -0.3 is 0 Å². The Morgan fingerprint density at radius 2 is 1.69 bits per heavy atom. The summed E-state index contributed by atoms with van der Waals surface area (Å²) in [5.74, 6) is -0.409. The molecule has 0 radical (unpaired) electrons. The van der Waals surface area contributed by atoms with E-state index in [-0.39, 0.29) is 14.4 Å². The molecule has 0 saturated heterocycles. The highest BCUT2D eigenvalue weighted by molar-refractivity contribution is 7.91. The van der Waals surface area contributed by atoms with E-state index in [9.17, 15) is 21.6 Å². The number of aryl methyl sites for hydroxylation is 1. The minimum absolute atomic E-state index is 0.0594. The van der Waals surface area contributed by atoms with Crippen LogP contribution in [0.2, 0.25) is 0 Å². The molecule has 0 spiro atoms. The maximum atomic E-state index is 12.8. The van der Waals surface area contributed by atoms with E-state index in [0.29, 0.717) is 17.5 Å². The van der Waals surface area contributed by atoms with Gasteiger partial charge in [-0.1, -0.05) is 48.6 Å². The average molecular weight is 495 g/mol. The molecule has 0 aliphatic carbocycles. The van der Waals surface area contributed by atoms with Crippen molar-refractivity contribution >= 4 is 42.2 Å². The van der Waals surface area contributed by atoms with Crippen LogP contribution in [0.25, 0.3) is 0 Å². The third-order valence-corrected chi connectivity index (χ3v) is 8.47. The van der Waals surface area contributed by atoms with Crippen LogP contribution in [-0.4, -0.2) is 39.2 Å². The summed E-state index contributed by atoms with van der Waals surface area (Å²) in [6.45, 7) is 3.59. The zero-order valence-corrected chi connectivity index (χ0v) is 20.0. The quantitative estimate of drug-likeness (QED) is 0.460. The number of carbonyl (C=O) groups is 1. The lowest BCUT2D eigenvalue weighted by Crippen LogP contribution is -2.28. The van der Waals surface area contributed by atoms with Gasteiger partial charge >= 0.3 is 0 Å². The van der Waals surface area contributed by atoms with Crippen molar-refractivity contribution in [3.63, 3.8) is 0 Å². The maximum Gasteiger partial charge on any atom is 0.270 e. The molecule has 1 amide bonds. The van der Waals surface area contributed by atoms with Gasteiger partial charge in [0, 0.05) is 17.9 Å². The Bertz CT molecular complexity index is 1330. The fourth-order valence-corrected chi connectivity index (χ4v) is 5.78. The number of hydrogen-bond donors (Lipinski definition) is 2. The molecule has 2 aromatic carbocycles. The summed E-state index contributed by atoms with van der Waals surface area (Å²) in [6, 6.07) is 12.4. The van der Waals surface area contributed by atoms with Crippen LogP contribution in [0.15, 0.2) is 57.8 Å². The molecule has 0 bridgehead atoms. The molecule has 32 heavy (non-hydrogen) atoms. The van der Waals surface area contributed by atoms with E-state index in [1.165, 1.54) is 12.1 Å². The van der Waals surface area contributed by atoms with E-state index in [1.54, 1.807) is 44.2 Å². The summed E-state index contributed by atoms with van der Waals surface area (Å²) in [6.07, 6.45) is 1.53. The predicted molar refractivity (Wildman–Crippen MR) is 122 cm³/mol. The van der Waals surface area contributed by atoms with Crippen molar-refractivity contribution in [2.45, 2.75) is 35.5 Å². The number of sulfonamides is 1. The van der Waals surface area contributed by atoms with Gasteiger partial charge in [0.25, 0.3) is 15.9 Å². The van der Waals surface area contributed by atoms with E-state index in [0.717, 1.165) is 23.2 Å². The van der Waals surface area contributed by atoms with Gasteiger partial charge in [-0.05, 0) is 42.7 Å². The molecule has 170 valence electrons. The Labute approximate surface area is 190 Å². The number of anilines is 1. The maximum absolute atomic E-state index is 12.8. The molecule has 0 fully saturated rings. The molecule has 12 heteroatoms. The summed E-state index contributed by atoms with van der Waals surface area (Å²) in [4.78, 5) is 12.6. The van der Waals surface area contributed by atoms with Crippen molar-refractivity contribution in [2.75, 3.05) is 11.6 Å². The van der Waals surface area contributed by atoms with Crippen molar-refractivity contribution in [3.8, 4) is 0 Å². The van der Waals surface area contributed by atoms with Crippen LogP contribution in [0, 0.1) is 6.92 Å². The normalized spacial score (nSPS) is 13.0. The Balaban J connectivity index is 1.76. The number of amides is 1.